The summed E-state index contributed by atoms with van der Waals surface area (Å²) in [6.45, 7) is 0.681. The van der Waals surface area contributed by atoms with Gasteiger partial charge in [0, 0.05) is 30.8 Å². The molecule has 11 nitrogen and oxygen atoms in total. The van der Waals surface area contributed by atoms with E-state index in [4.69, 9.17) is 15.6 Å². The topological polar surface area (TPSA) is 148 Å². The molecule has 1 fully saturated rings. The zero-order valence-corrected chi connectivity index (χ0v) is 20.6. The maximum absolute atomic E-state index is 15.2. The normalized spacial score (nSPS) is 15.4. The fraction of sp³-hybridized carbons (Fsp3) is 0.269. The number of likely N-dealkylation sites (tertiary alicyclic amines) is 1. The molecule has 3 heterocycles. The number of fused-ring (bicyclic) bond motifs is 1. The fourth-order valence-corrected chi connectivity index (χ4v) is 4.72. The zero-order chi connectivity index (χ0) is 26.8. The smallest absolute Gasteiger partial charge is 0.407 e. The average molecular weight is 520 g/mol. The van der Waals surface area contributed by atoms with Crippen LogP contribution in [0.2, 0.25) is 0 Å². The largest absolute Gasteiger partial charge is 0.496 e. The molecular weight excluding hydrogens is 493 g/mol. The van der Waals surface area contributed by atoms with E-state index in [-0.39, 0.29) is 36.4 Å². The fourth-order valence-electron chi connectivity index (χ4n) is 4.72. The lowest BCUT2D eigenvalue weighted by molar-refractivity contribution is 0.0947. The van der Waals surface area contributed by atoms with Gasteiger partial charge in [-0.05, 0) is 31.0 Å². The first-order chi connectivity index (χ1) is 18.4. The van der Waals surface area contributed by atoms with Crippen molar-refractivity contribution in [3.8, 4) is 17.0 Å². The molecule has 38 heavy (non-hydrogen) atoms. The Morgan fingerprint density at radius 2 is 2.05 bits per heavy atom. The summed E-state index contributed by atoms with van der Waals surface area (Å²) in [6, 6.07) is 11.1. The van der Waals surface area contributed by atoms with E-state index < -0.39 is 11.9 Å². The molecule has 2 aromatic carbocycles. The van der Waals surface area contributed by atoms with Gasteiger partial charge in [-0.1, -0.05) is 24.3 Å². The van der Waals surface area contributed by atoms with Crippen LogP contribution in [0.1, 0.15) is 34.8 Å². The number of piperidine rings is 1. The van der Waals surface area contributed by atoms with Crippen molar-refractivity contribution in [1.29, 1.82) is 0 Å². The van der Waals surface area contributed by atoms with Crippen LogP contribution >= 0.6 is 0 Å². The highest BCUT2D eigenvalue weighted by molar-refractivity contribution is 5.98. The molecule has 0 radical (unpaired) electrons. The number of para-hydroxylation sites is 1. The molecule has 0 aliphatic carbocycles. The molecule has 2 aromatic heterocycles. The van der Waals surface area contributed by atoms with Crippen LogP contribution in [0, 0.1) is 5.82 Å². The molecule has 0 saturated carbocycles. The SMILES string of the molecule is COc1ccccc1C(=O)NCc1ccc(-c2nn([C@@H]3CCCN(C(=O)O)C3)c3ncnc(N)c23)cc1F. The summed E-state index contributed by atoms with van der Waals surface area (Å²) in [5, 5.41) is 17.3. The third-order valence-corrected chi connectivity index (χ3v) is 6.65. The van der Waals surface area contributed by atoms with Crippen LogP contribution in [0.25, 0.3) is 22.3 Å². The Labute approximate surface area is 217 Å². The van der Waals surface area contributed by atoms with Crippen LogP contribution in [0.5, 0.6) is 5.75 Å². The van der Waals surface area contributed by atoms with E-state index in [2.05, 4.69) is 15.3 Å². The number of rotatable bonds is 6. The number of anilines is 1. The van der Waals surface area contributed by atoms with Crippen molar-refractivity contribution < 1.29 is 23.8 Å². The van der Waals surface area contributed by atoms with Crippen LogP contribution < -0.4 is 15.8 Å². The molecule has 4 N–H and O–H groups in total. The predicted octanol–water partition coefficient (Wildman–Crippen LogP) is 3.47. The van der Waals surface area contributed by atoms with Gasteiger partial charge in [-0.25, -0.2) is 23.8 Å². The van der Waals surface area contributed by atoms with Crippen LogP contribution in [-0.2, 0) is 6.54 Å². The number of ether oxygens (including phenoxy) is 1. The molecule has 196 valence electrons. The van der Waals surface area contributed by atoms with E-state index in [0.29, 0.717) is 53.0 Å². The van der Waals surface area contributed by atoms with Gasteiger partial charge in [0.2, 0.25) is 0 Å². The molecule has 4 aromatic rings. The molecule has 5 rings (SSSR count). The molecule has 2 amide bonds. The second-order valence-corrected chi connectivity index (χ2v) is 8.96. The molecule has 0 bridgehead atoms. The van der Waals surface area contributed by atoms with Gasteiger partial charge in [-0.15, -0.1) is 0 Å². The molecule has 12 heteroatoms. The van der Waals surface area contributed by atoms with Crippen LogP contribution in [-0.4, -0.2) is 62.0 Å². The van der Waals surface area contributed by atoms with Crippen molar-refractivity contribution >= 4 is 28.9 Å². The van der Waals surface area contributed by atoms with Crippen LogP contribution in [0.4, 0.5) is 15.0 Å². The maximum atomic E-state index is 15.2. The summed E-state index contributed by atoms with van der Waals surface area (Å²) >= 11 is 0. The number of benzene rings is 2. The van der Waals surface area contributed by atoms with E-state index in [1.165, 1.54) is 24.4 Å². The number of aromatic nitrogens is 4. The van der Waals surface area contributed by atoms with Crippen molar-refractivity contribution in [2.75, 3.05) is 25.9 Å². The number of hydrogen-bond donors (Lipinski definition) is 3. The Hall–Kier alpha value is -4.74. The van der Waals surface area contributed by atoms with Crippen LogP contribution in [0.3, 0.4) is 0 Å². The van der Waals surface area contributed by atoms with Crippen molar-refractivity contribution in [3.63, 3.8) is 0 Å². The third-order valence-electron chi connectivity index (χ3n) is 6.65. The summed E-state index contributed by atoms with van der Waals surface area (Å²) in [6.07, 6.45) is 1.73. The summed E-state index contributed by atoms with van der Waals surface area (Å²) in [5.74, 6) is -0.303. The van der Waals surface area contributed by atoms with E-state index in [1.807, 2.05) is 0 Å². The van der Waals surface area contributed by atoms with Gasteiger partial charge in [-0.3, -0.25) is 4.79 Å². The number of nitrogens with one attached hydrogen (secondary N) is 1. The summed E-state index contributed by atoms with van der Waals surface area (Å²) in [5.41, 5.74) is 8.13. The van der Waals surface area contributed by atoms with Gasteiger partial charge in [0.15, 0.2) is 5.65 Å². The first-order valence-corrected chi connectivity index (χ1v) is 12.0. The Balaban J connectivity index is 1.43. The first-order valence-electron chi connectivity index (χ1n) is 12.0. The highest BCUT2D eigenvalue weighted by atomic mass is 19.1. The number of carbonyl (C=O) groups is 2. The average Bonchev–Trinajstić information content (AvgIpc) is 3.33. The van der Waals surface area contributed by atoms with Crippen molar-refractivity contribution in [1.82, 2.24) is 30.0 Å². The maximum Gasteiger partial charge on any atom is 0.407 e. The second-order valence-electron chi connectivity index (χ2n) is 8.96. The molecular formula is C26H26FN7O4. The van der Waals surface area contributed by atoms with Crippen molar-refractivity contribution in [2.24, 2.45) is 0 Å². The van der Waals surface area contributed by atoms with Gasteiger partial charge in [0.1, 0.15) is 29.4 Å². The molecule has 1 atom stereocenters. The number of nitrogen functional groups attached to an aromatic ring is 1. The number of methoxy groups -OCH3 is 1. The minimum atomic E-state index is -0.990. The monoisotopic (exact) mass is 519 g/mol. The molecule has 0 spiro atoms. The Morgan fingerprint density at radius 1 is 1.24 bits per heavy atom. The number of carbonyl (C=O) groups excluding carboxylic acids is 1. The van der Waals surface area contributed by atoms with E-state index in [9.17, 15) is 14.7 Å². The van der Waals surface area contributed by atoms with Gasteiger partial charge in [0.05, 0.1) is 24.1 Å². The van der Waals surface area contributed by atoms with Gasteiger partial charge in [-0.2, -0.15) is 5.10 Å². The standard InChI is InChI=1S/C26H26FN7O4/c1-38-20-7-3-2-6-18(20)25(35)29-12-16-9-8-15(11-19(16)27)22-21-23(28)30-14-31-24(21)34(32-22)17-5-4-10-33(13-17)26(36)37/h2-3,6-9,11,14,17H,4-5,10,12-13H2,1H3,(H,29,35)(H,36,37)(H2,28,30,31)/t17-/m1/s1. The highest BCUT2D eigenvalue weighted by Crippen LogP contribution is 2.34. The minimum Gasteiger partial charge on any atom is -0.496 e. The molecule has 0 unspecified atom stereocenters. The van der Waals surface area contributed by atoms with E-state index >= 15 is 4.39 Å². The lowest BCUT2D eigenvalue weighted by Gasteiger charge is -2.30. The summed E-state index contributed by atoms with van der Waals surface area (Å²) < 4.78 is 22.1. The zero-order valence-electron chi connectivity index (χ0n) is 20.6. The predicted molar refractivity (Wildman–Crippen MR) is 137 cm³/mol. The lowest BCUT2D eigenvalue weighted by atomic mass is 10.1. The lowest BCUT2D eigenvalue weighted by Crippen LogP contribution is -2.40. The Morgan fingerprint density at radius 3 is 2.82 bits per heavy atom. The highest BCUT2D eigenvalue weighted by Gasteiger charge is 2.28. The van der Waals surface area contributed by atoms with Crippen LogP contribution in [0.15, 0.2) is 48.8 Å². The van der Waals surface area contributed by atoms with E-state index in [0.717, 1.165) is 0 Å². The van der Waals surface area contributed by atoms with Gasteiger partial charge >= 0.3 is 6.09 Å². The third kappa shape index (κ3) is 4.67. The summed E-state index contributed by atoms with van der Waals surface area (Å²) in [4.78, 5) is 33.9. The van der Waals surface area contributed by atoms with E-state index in [1.54, 1.807) is 41.1 Å². The van der Waals surface area contributed by atoms with Crippen molar-refractivity contribution in [2.45, 2.75) is 25.4 Å². The number of amides is 2. The molecule has 1 aliphatic rings. The Kier molecular flexibility index (Phi) is 6.77. The second kappa shape index (κ2) is 10.3. The Bertz CT molecular complexity index is 1520. The molecule has 1 aliphatic heterocycles. The number of halogens is 1. The number of hydrogen-bond acceptors (Lipinski definition) is 7. The molecule has 1 saturated heterocycles. The number of nitrogens with two attached hydrogens (primary N) is 1. The minimum absolute atomic E-state index is 0.0312. The first kappa shape index (κ1) is 24.9. The number of nitrogens with zero attached hydrogens (tertiary/aromatic N) is 5. The summed E-state index contributed by atoms with van der Waals surface area (Å²) in [7, 11) is 1.48. The number of carboxylic acid groups (broad SMARTS) is 1. The van der Waals surface area contributed by atoms with Gasteiger partial charge < -0.3 is 25.8 Å². The van der Waals surface area contributed by atoms with Crippen molar-refractivity contribution in [3.05, 3.63) is 65.7 Å². The quantitative estimate of drug-likeness (QED) is 0.351. The van der Waals surface area contributed by atoms with Gasteiger partial charge in [0.25, 0.3) is 5.91 Å².